The van der Waals surface area contributed by atoms with Crippen LogP contribution in [0.3, 0.4) is 0 Å². The van der Waals surface area contributed by atoms with Gasteiger partial charge in [-0.15, -0.1) is 0 Å². The molecule has 2 aromatic rings. The van der Waals surface area contributed by atoms with Gasteiger partial charge in [0.25, 0.3) is 5.91 Å². The predicted octanol–water partition coefficient (Wildman–Crippen LogP) is 3.05. The first-order chi connectivity index (χ1) is 12.3. The molecule has 0 radical (unpaired) electrons. The number of pyridine rings is 1. The van der Waals surface area contributed by atoms with Crippen molar-refractivity contribution in [3.63, 3.8) is 0 Å². The quantitative estimate of drug-likeness (QED) is 0.879. The largest absolute Gasteiger partial charge is 0.497 e. The van der Waals surface area contributed by atoms with Crippen LogP contribution in [-0.2, 0) is 6.42 Å². The zero-order valence-corrected chi connectivity index (χ0v) is 14.7. The fourth-order valence-corrected chi connectivity index (χ4v) is 3.06. The molecule has 1 amide bonds. The average molecular weight is 339 g/mol. The number of rotatable bonds is 6. The maximum absolute atomic E-state index is 12.2. The molecule has 132 valence electrons. The van der Waals surface area contributed by atoms with Crippen molar-refractivity contribution in [3.8, 4) is 5.75 Å². The van der Waals surface area contributed by atoms with E-state index in [0.717, 1.165) is 36.5 Å². The summed E-state index contributed by atoms with van der Waals surface area (Å²) in [5.41, 5.74) is 2.74. The summed E-state index contributed by atoms with van der Waals surface area (Å²) in [7, 11) is 1.65. The molecule has 0 unspecified atom stereocenters. The first-order valence-corrected chi connectivity index (χ1v) is 8.88. The van der Waals surface area contributed by atoms with Gasteiger partial charge in [-0.1, -0.05) is 12.1 Å². The van der Waals surface area contributed by atoms with Crippen LogP contribution in [0.1, 0.15) is 35.3 Å². The number of methoxy groups -OCH3 is 1. The lowest BCUT2D eigenvalue weighted by Gasteiger charge is -2.28. The Hall–Kier alpha value is -2.56. The third-order valence-electron chi connectivity index (χ3n) is 4.56. The van der Waals surface area contributed by atoms with Gasteiger partial charge in [0.2, 0.25) is 0 Å². The summed E-state index contributed by atoms with van der Waals surface area (Å²) in [6, 6.07) is 11.7. The molecule has 3 rings (SSSR count). The zero-order valence-electron chi connectivity index (χ0n) is 14.7. The van der Waals surface area contributed by atoms with Gasteiger partial charge >= 0.3 is 0 Å². The van der Waals surface area contributed by atoms with Crippen molar-refractivity contribution in [1.82, 2.24) is 10.3 Å². The highest BCUT2D eigenvalue weighted by Gasteiger charge is 2.12. The molecular formula is C20H25N3O2. The molecule has 2 heterocycles. The highest BCUT2D eigenvalue weighted by atomic mass is 16.5. The van der Waals surface area contributed by atoms with E-state index < -0.39 is 0 Å². The lowest BCUT2D eigenvalue weighted by molar-refractivity contribution is 0.0949. The van der Waals surface area contributed by atoms with E-state index in [4.69, 9.17) is 4.74 Å². The molecule has 1 fully saturated rings. The van der Waals surface area contributed by atoms with Crippen LogP contribution in [0, 0.1) is 0 Å². The van der Waals surface area contributed by atoms with Gasteiger partial charge in [0.15, 0.2) is 0 Å². The molecule has 0 spiro atoms. The van der Waals surface area contributed by atoms with Gasteiger partial charge in [-0.3, -0.25) is 4.79 Å². The molecule has 1 aromatic carbocycles. The second-order valence-electron chi connectivity index (χ2n) is 6.30. The number of carbonyl (C=O) groups is 1. The zero-order chi connectivity index (χ0) is 17.5. The number of benzene rings is 1. The molecule has 0 saturated carbocycles. The van der Waals surface area contributed by atoms with Crippen molar-refractivity contribution in [3.05, 3.63) is 53.9 Å². The number of aromatic nitrogens is 1. The van der Waals surface area contributed by atoms with Crippen LogP contribution in [0.25, 0.3) is 0 Å². The van der Waals surface area contributed by atoms with Crippen LogP contribution in [0.5, 0.6) is 5.75 Å². The Morgan fingerprint density at radius 2 is 1.88 bits per heavy atom. The topological polar surface area (TPSA) is 54.5 Å². The van der Waals surface area contributed by atoms with Crippen LogP contribution in [0.2, 0.25) is 0 Å². The van der Waals surface area contributed by atoms with Crippen molar-refractivity contribution < 1.29 is 9.53 Å². The molecule has 5 heteroatoms. The number of nitrogens with one attached hydrogen (secondary N) is 1. The van der Waals surface area contributed by atoms with Crippen molar-refractivity contribution in [2.45, 2.75) is 25.7 Å². The Morgan fingerprint density at radius 1 is 1.12 bits per heavy atom. The molecule has 0 bridgehead atoms. The number of anilines is 1. The van der Waals surface area contributed by atoms with Crippen molar-refractivity contribution >= 4 is 11.6 Å². The standard InChI is InChI=1S/C20H25N3O2/c1-25-18-8-5-16(6-9-18)11-12-21-20(24)19-10-7-17(15-22-19)23-13-3-2-4-14-23/h5-10,15H,2-4,11-14H2,1H3,(H,21,24). The summed E-state index contributed by atoms with van der Waals surface area (Å²) in [4.78, 5) is 18.9. The Morgan fingerprint density at radius 3 is 2.52 bits per heavy atom. The first-order valence-electron chi connectivity index (χ1n) is 8.88. The summed E-state index contributed by atoms with van der Waals surface area (Å²) < 4.78 is 5.14. The number of piperidine rings is 1. The minimum atomic E-state index is -0.126. The molecule has 0 atom stereocenters. The molecular weight excluding hydrogens is 314 g/mol. The smallest absolute Gasteiger partial charge is 0.269 e. The van der Waals surface area contributed by atoms with Crippen LogP contribution < -0.4 is 15.0 Å². The van der Waals surface area contributed by atoms with Gasteiger partial charge in [0.1, 0.15) is 11.4 Å². The third-order valence-corrected chi connectivity index (χ3v) is 4.56. The average Bonchev–Trinajstić information content (AvgIpc) is 2.69. The Balaban J connectivity index is 1.48. The SMILES string of the molecule is COc1ccc(CCNC(=O)c2ccc(N3CCCCC3)cn2)cc1. The summed E-state index contributed by atoms with van der Waals surface area (Å²) in [6.07, 6.45) is 6.35. The molecule has 5 nitrogen and oxygen atoms in total. The van der Waals surface area contributed by atoms with Crippen LogP contribution in [0.4, 0.5) is 5.69 Å². The summed E-state index contributed by atoms with van der Waals surface area (Å²) in [6.45, 7) is 2.74. The highest BCUT2D eigenvalue weighted by Crippen LogP contribution is 2.18. The molecule has 0 aliphatic carbocycles. The monoisotopic (exact) mass is 339 g/mol. The second-order valence-corrected chi connectivity index (χ2v) is 6.30. The molecule has 1 aromatic heterocycles. The van der Waals surface area contributed by atoms with Gasteiger partial charge in [0, 0.05) is 19.6 Å². The van der Waals surface area contributed by atoms with Gasteiger partial charge < -0.3 is 15.0 Å². The summed E-state index contributed by atoms with van der Waals surface area (Å²) in [5, 5.41) is 2.93. The second kappa shape index (κ2) is 8.51. The number of ether oxygens (including phenoxy) is 1. The minimum absolute atomic E-state index is 0.126. The van der Waals surface area contributed by atoms with Crippen molar-refractivity contribution in [2.24, 2.45) is 0 Å². The molecule has 1 saturated heterocycles. The fraction of sp³-hybridized carbons (Fsp3) is 0.400. The van der Waals surface area contributed by atoms with Gasteiger partial charge in [-0.25, -0.2) is 4.98 Å². The molecule has 1 N–H and O–H groups in total. The van der Waals surface area contributed by atoms with E-state index in [1.165, 1.54) is 19.3 Å². The summed E-state index contributed by atoms with van der Waals surface area (Å²) >= 11 is 0. The Labute approximate surface area is 149 Å². The van der Waals surface area contributed by atoms with E-state index in [1.807, 2.05) is 42.6 Å². The van der Waals surface area contributed by atoms with E-state index in [-0.39, 0.29) is 5.91 Å². The fourth-order valence-electron chi connectivity index (χ4n) is 3.06. The molecule has 25 heavy (non-hydrogen) atoms. The van der Waals surface area contributed by atoms with Gasteiger partial charge in [-0.05, 0) is 55.5 Å². The van der Waals surface area contributed by atoms with E-state index in [1.54, 1.807) is 7.11 Å². The number of carbonyl (C=O) groups excluding carboxylic acids is 1. The normalized spacial score (nSPS) is 14.2. The molecule has 1 aliphatic rings. The third kappa shape index (κ3) is 4.72. The number of hydrogen-bond donors (Lipinski definition) is 1. The lowest BCUT2D eigenvalue weighted by Crippen LogP contribution is -2.30. The van der Waals surface area contributed by atoms with Crippen LogP contribution in [0.15, 0.2) is 42.6 Å². The van der Waals surface area contributed by atoms with Crippen LogP contribution >= 0.6 is 0 Å². The van der Waals surface area contributed by atoms with Gasteiger partial charge in [0.05, 0.1) is 19.0 Å². The number of hydrogen-bond acceptors (Lipinski definition) is 4. The van der Waals surface area contributed by atoms with Crippen molar-refractivity contribution in [1.29, 1.82) is 0 Å². The van der Waals surface area contributed by atoms with E-state index in [9.17, 15) is 4.79 Å². The van der Waals surface area contributed by atoms with Crippen LogP contribution in [-0.4, -0.2) is 37.6 Å². The number of nitrogens with zero attached hydrogens (tertiary/aromatic N) is 2. The minimum Gasteiger partial charge on any atom is -0.497 e. The van der Waals surface area contributed by atoms with E-state index in [0.29, 0.717) is 12.2 Å². The van der Waals surface area contributed by atoms with Gasteiger partial charge in [-0.2, -0.15) is 0 Å². The Kier molecular flexibility index (Phi) is 5.88. The Bertz CT molecular complexity index is 677. The van der Waals surface area contributed by atoms with Crippen molar-refractivity contribution in [2.75, 3.05) is 31.6 Å². The lowest BCUT2D eigenvalue weighted by atomic mass is 10.1. The van der Waals surface area contributed by atoms with E-state index >= 15 is 0 Å². The highest BCUT2D eigenvalue weighted by molar-refractivity contribution is 5.92. The first kappa shape index (κ1) is 17.3. The van der Waals surface area contributed by atoms with E-state index in [2.05, 4.69) is 15.2 Å². The maximum Gasteiger partial charge on any atom is 0.269 e. The maximum atomic E-state index is 12.2. The number of amides is 1. The predicted molar refractivity (Wildman–Crippen MR) is 99.3 cm³/mol. The summed E-state index contributed by atoms with van der Waals surface area (Å²) in [5.74, 6) is 0.712. The molecule has 1 aliphatic heterocycles.